The van der Waals surface area contributed by atoms with Crippen molar-refractivity contribution in [1.82, 2.24) is 0 Å². The Morgan fingerprint density at radius 1 is 1.06 bits per heavy atom. The van der Waals surface area contributed by atoms with Crippen LogP contribution in [0.2, 0.25) is 5.02 Å². The molecule has 0 heterocycles. The fourth-order valence-corrected chi connectivity index (χ4v) is 1.61. The van der Waals surface area contributed by atoms with Crippen molar-refractivity contribution in [2.75, 3.05) is 13.2 Å². The lowest BCUT2D eigenvalue weighted by molar-refractivity contribution is 0.268. The van der Waals surface area contributed by atoms with E-state index in [1.54, 1.807) is 6.07 Å². The number of ether oxygens (including phenoxy) is 2. The Hall–Kier alpha value is -0.930. The highest BCUT2D eigenvalue weighted by Gasteiger charge is 2.10. The summed E-state index contributed by atoms with van der Waals surface area (Å²) >= 11 is 6.10. The van der Waals surface area contributed by atoms with E-state index in [1.165, 1.54) is 0 Å². The summed E-state index contributed by atoms with van der Waals surface area (Å²) in [6, 6.07) is 3.65. The van der Waals surface area contributed by atoms with Gasteiger partial charge in [0, 0.05) is 17.6 Å². The molecule has 0 spiro atoms. The van der Waals surface area contributed by atoms with Gasteiger partial charge in [-0.05, 0) is 24.5 Å². The van der Waals surface area contributed by atoms with Crippen LogP contribution in [-0.2, 0) is 6.54 Å². The molecule has 0 bridgehead atoms. The Morgan fingerprint density at radius 2 is 1.59 bits per heavy atom. The monoisotopic (exact) mass is 257 g/mol. The van der Waals surface area contributed by atoms with E-state index in [1.807, 2.05) is 6.07 Å². The lowest BCUT2D eigenvalue weighted by Crippen LogP contribution is -2.04. The maximum atomic E-state index is 6.10. The summed E-state index contributed by atoms with van der Waals surface area (Å²) in [6.45, 7) is 5.83. The van der Waals surface area contributed by atoms with Gasteiger partial charge in [-0.1, -0.05) is 25.4 Å². The van der Waals surface area contributed by atoms with Crippen LogP contribution in [0.5, 0.6) is 11.5 Å². The standard InChI is InChI=1S/C13H20ClNO2/c1-3-5-16-12-7-10(9-15)11(14)8-13(12)17-6-4-2/h7-8H,3-6,9,15H2,1-2H3. The van der Waals surface area contributed by atoms with E-state index in [2.05, 4.69) is 13.8 Å². The third-order valence-electron chi connectivity index (χ3n) is 2.26. The van der Waals surface area contributed by atoms with E-state index in [9.17, 15) is 0 Å². The normalized spacial score (nSPS) is 10.4. The second-order valence-electron chi connectivity index (χ2n) is 3.79. The molecule has 0 saturated carbocycles. The Morgan fingerprint density at radius 3 is 2.06 bits per heavy atom. The molecule has 0 aliphatic carbocycles. The van der Waals surface area contributed by atoms with Gasteiger partial charge < -0.3 is 15.2 Å². The molecule has 0 fully saturated rings. The van der Waals surface area contributed by atoms with Crippen molar-refractivity contribution in [2.24, 2.45) is 5.73 Å². The van der Waals surface area contributed by atoms with Crippen molar-refractivity contribution in [3.8, 4) is 11.5 Å². The highest BCUT2D eigenvalue weighted by atomic mass is 35.5. The van der Waals surface area contributed by atoms with Gasteiger partial charge >= 0.3 is 0 Å². The van der Waals surface area contributed by atoms with Crippen molar-refractivity contribution < 1.29 is 9.47 Å². The average Bonchev–Trinajstić information content (AvgIpc) is 2.34. The quantitative estimate of drug-likeness (QED) is 0.815. The number of hydrogen-bond acceptors (Lipinski definition) is 3. The maximum absolute atomic E-state index is 6.10. The summed E-state index contributed by atoms with van der Waals surface area (Å²) in [6.07, 6.45) is 1.90. The molecule has 0 aliphatic heterocycles. The molecular formula is C13H20ClNO2. The van der Waals surface area contributed by atoms with Crippen molar-refractivity contribution in [3.63, 3.8) is 0 Å². The zero-order chi connectivity index (χ0) is 12.7. The van der Waals surface area contributed by atoms with Crippen molar-refractivity contribution >= 4 is 11.6 Å². The van der Waals surface area contributed by atoms with Gasteiger partial charge in [0.2, 0.25) is 0 Å². The van der Waals surface area contributed by atoms with Crippen LogP contribution in [0.3, 0.4) is 0 Å². The van der Waals surface area contributed by atoms with Gasteiger partial charge in [-0.3, -0.25) is 0 Å². The molecule has 1 rings (SSSR count). The first-order valence-corrected chi connectivity index (χ1v) is 6.38. The van der Waals surface area contributed by atoms with Crippen LogP contribution in [0.4, 0.5) is 0 Å². The first kappa shape index (κ1) is 14.1. The third-order valence-corrected chi connectivity index (χ3v) is 2.61. The molecule has 96 valence electrons. The van der Waals surface area contributed by atoms with Gasteiger partial charge in [-0.25, -0.2) is 0 Å². The zero-order valence-corrected chi connectivity index (χ0v) is 11.2. The summed E-state index contributed by atoms with van der Waals surface area (Å²) in [5.74, 6) is 1.42. The van der Waals surface area contributed by atoms with Crippen LogP contribution < -0.4 is 15.2 Å². The molecule has 0 unspecified atom stereocenters. The summed E-state index contributed by atoms with van der Waals surface area (Å²) < 4.78 is 11.3. The number of rotatable bonds is 7. The maximum Gasteiger partial charge on any atom is 0.162 e. The zero-order valence-electron chi connectivity index (χ0n) is 10.5. The van der Waals surface area contributed by atoms with E-state index >= 15 is 0 Å². The highest BCUT2D eigenvalue weighted by molar-refractivity contribution is 6.31. The minimum absolute atomic E-state index is 0.398. The molecule has 0 aliphatic rings. The Labute approximate surface area is 108 Å². The summed E-state index contributed by atoms with van der Waals surface area (Å²) in [4.78, 5) is 0. The van der Waals surface area contributed by atoms with Crippen LogP contribution in [0.1, 0.15) is 32.3 Å². The Bertz CT molecular complexity index is 356. The van der Waals surface area contributed by atoms with Crippen LogP contribution >= 0.6 is 11.6 Å². The van der Waals surface area contributed by atoms with Crippen molar-refractivity contribution in [1.29, 1.82) is 0 Å². The van der Waals surface area contributed by atoms with Gasteiger partial charge in [0.05, 0.1) is 13.2 Å². The fraction of sp³-hybridized carbons (Fsp3) is 0.538. The molecular weight excluding hydrogens is 238 g/mol. The SMILES string of the molecule is CCCOc1cc(Cl)c(CN)cc1OCCC. The lowest BCUT2D eigenvalue weighted by Gasteiger charge is -2.14. The molecule has 17 heavy (non-hydrogen) atoms. The number of benzene rings is 1. The van der Waals surface area contributed by atoms with Gasteiger partial charge in [0.15, 0.2) is 11.5 Å². The second-order valence-corrected chi connectivity index (χ2v) is 4.20. The van der Waals surface area contributed by atoms with Crippen LogP contribution in [0, 0.1) is 0 Å². The van der Waals surface area contributed by atoms with Gasteiger partial charge in [-0.15, -0.1) is 0 Å². The van der Waals surface area contributed by atoms with E-state index < -0.39 is 0 Å². The number of hydrogen-bond donors (Lipinski definition) is 1. The predicted octanol–water partition coefficient (Wildman–Crippen LogP) is 3.38. The minimum Gasteiger partial charge on any atom is -0.490 e. The largest absolute Gasteiger partial charge is 0.490 e. The second kappa shape index (κ2) is 7.41. The Kier molecular flexibility index (Phi) is 6.16. The van der Waals surface area contributed by atoms with E-state index in [-0.39, 0.29) is 0 Å². The summed E-state index contributed by atoms with van der Waals surface area (Å²) in [7, 11) is 0. The molecule has 0 atom stereocenters. The Balaban J connectivity index is 2.93. The van der Waals surface area contributed by atoms with E-state index in [4.69, 9.17) is 26.8 Å². The molecule has 1 aromatic carbocycles. The van der Waals surface area contributed by atoms with Crippen LogP contribution in [0.25, 0.3) is 0 Å². The molecule has 3 nitrogen and oxygen atoms in total. The van der Waals surface area contributed by atoms with Crippen molar-refractivity contribution in [2.45, 2.75) is 33.2 Å². The summed E-state index contributed by atoms with van der Waals surface area (Å²) in [5.41, 5.74) is 6.49. The molecule has 0 aromatic heterocycles. The number of nitrogens with two attached hydrogens (primary N) is 1. The van der Waals surface area contributed by atoms with E-state index in [0.717, 1.165) is 24.2 Å². The van der Waals surface area contributed by atoms with Crippen LogP contribution in [-0.4, -0.2) is 13.2 Å². The highest BCUT2D eigenvalue weighted by Crippen LogP contribution is 2.33. The fourth-order valence-electron chi connectivity index (χ4n) is 1.38. The first-order valence-electron chi connectivity index (χ1n) is 6.01. The lowest BCUT2D eigenvalue weighted by atomic mass is 10.2. The van der Waals surface area contributed by atoms with Gasteiger partial charge in [-0.2, -0.15) is 0 Å². The smallest absolute Gasteiger partial charge is 0.162 e. The first-order chi connectivity index (χ1) is 8.22. The third kappa shape index (κ3) is 4.10. The van der Waals surface area contributed by atoms with Gasteiger partial charge in [0.25, 0.3) is 0 Å². The van der Waals surface area contributed by atoms with Crippen molar-refractivity contribution in [3.05, 3.63) is 22.7 Å². The molecule has 1 aromatic rings. The topological polar surface area (TPSA) is 44.5 Å². The van der Waals surface area contributed by atoms with E-state index in [0.29, 0.717) is 30.5 Å². The molecule has 0 radical (unpaired) electrons. The van der Waals surface area contributed by atoms with Gasteiger partial charge in [0.1, 0.15) is 0 Å². The number of halogens is 1. The average molecular weight is 258 g/mol. The summed E-state index contributed by atoms with van der Waals surface area (Å²) in [5, 5.41) is 0.627. The van der Waals surface area contributed by atoms with Crippen LogP contribution in [0.15, 0.2) is 12.1 Å². The molecule has 0 amide bonds. The molecule has 4 heteroatoms. The molecule has 0 saturated heterocycles. The predicted molar refractivity (Wildman–Crippen MR) is 70.9 cm³/mol. The minimum atomic E-state index is 0.398. The molecule has 2 N–H and O–H groups in total.